The number of hydrogen-bond acceptors (Lipinski definition) is 3. The molecular formula is C15H24O3. The predicted molar refractivity (Wildman–Crippen MR) is 70.2 cm³/mol. The maximum absolute atomic E-state index is 5.79. The molecule has 0 bridgehead atoms. The number of hydrogen-bond donors (Lipinski definition) is 0. The van der Waals surface area contributed by atoms with E-state index in [-0.39, 0.29) is 17.8 Å². The third-order valence-corrected chi connectivity index (χ3v) is 3.71. The van der Waals surface area contributed by atoms with Gasteiger partial charge in [0.05, 0.1) is 32.0 Å². The van der Waals surface area contributed by atoms with Gasteiger partial charge < -0.3 is 14.2 Å². The Labute approximate surface area is 110 Å². The predicted octanol–water partition coefficient (Wildman–Crippen LogP) is 2.24. The molecule has 0 amide bonds. The molecule has 0 aromatic rings. The zero-order valence-electron chi connectivity index (χ0n) is 11.9. The molecule has 0 spiro atoms. The first-order valence-corrected chi connectivity index (χ1v) is 6.90. The van der Waals surface area contributed by atoms with Gasteiger partial charge >= 0.3 is 0 Å². The van der Waals surface area contributed by atoms with Crippen LogP contribution in [0.25, 0.3) is 0 Å². The zero-order valence-corrected chi connectivity index (χ0v) is 11.9. The first-order chi connectivity index (χ1) is 8.50. The molecule has 2 rings (SSSR count). The van der Waals surface area contributed by atoms with E-state index in [1.807, 2.05) is 6.92 Å². The Morgan fingerprint density at radius 1 is 1.28 bits per heavy atom. The molecule has 2 aliphatic rings. The summed E-state index contributed by atoms with van der Waals surface area (Å²) in [5.74, 6) is 7.50. The Kier molecular flexibility index (Phi) is 4.32. The average Bonchev–Trinajstić information content (AvgIpc) is 3.05. The highest BCUT2D eigenvalue weighted by atomic mass is 16.6. The lowest BCUT2D eigenvalue weighted by atomic mass is 9.88. The molecule has 2 fully saturated rings. The average molecular weight is 252 g/mol. The van der Waals surface area contributed by atoms with Crippen molar-refractivity contribution in [1.29, 1.82) is 0 Å². The molecule has 2 saturated heterocycles. The topological polar surface area (TPSA) is 31.0 Å². The van der Waals surface area contributed by atoms with Gasteiger partial charge in [-0.1, -0.05) is 25.7 Å². The van der Waals surface area contributed by atoms with E-state index in [9.17, 15) is 0 Å². The van der Waals surface area contributed by atoms with Gasteiger partial charge in [-0.05, 0) is 26.2 Å². The summed E-state index contributed by atoms with van der Waals surface area (Å²) in [6.07, 6.45) is 1.30. The van der Waals surface area contributed by atoms with Crippen molar-refractivity contribution in [3.8, 4) is 11.8 Å². The Morgan fingerprint density at radius 3 is 2.50 bits per heavy atom. The second-order valence-electron chi connectivity index (χ2n) is 5.86. The Hall–Kier alpha value is -0.560. The third kappa shape index (κ3) is 3.71. The minimum atomic E-state index is -0.178. The summed E-state index contributed by atoms with van der Waals surface area (Å²) in [4.78, 5) is 0. The smallest absolute Gasteiger partial charge is 0.149 e. The fourth-order valence-electron chi connectivity index (χ4n) is 2.11. The van der Waals surface area contributed by atoms with E-state index < -0.39 is 0 Å². The molecule has 0 aromatic heterocycles. The Balaban J connectivity index is 1.94. The summed E-state index contributed by atoms with van der Waals surface area (Å²) >= 11 is 0. The maximum atomic E-state index is 5.79. The number of epoxide rings is 1. The molecule has 4 unspecified atom stereocenters. The molecule has 0 N–H and O–H groups in total. The van der Waals surface area contributed by atoms with Crippen LogP contribution in [-0.4, -0.2) is 37.6 Å². The van der Waals surface area contributed by atoms with Gasteiger partial charge in [0.2, 0.25) is 0 Å². The lowest BCUT2D eigenvalue weighted by Gasteiger charge is -2.31. The van der Waals surface area contributed by atoms with Crippen molar-refractivity contribution >= 4 is 0 Å². The van der Waals surface area contributed by atoms with E-state index in [2.05, 4.69) is 32.6 Å². The highest BCUT2D eigenvalue weighted by molar-refractivity contribution is 5.20. The van der Waals surface area contributed by atoms with Crippen LogP contribution >= 0.6 is 0 Å². The van der Waals surface area contributed by atoms with Crippen LogP contribution in [0, 0.1) is 23.7 Å². The maximum Gasteiger partial charge on any atom is 0.149 e. The molecule has 4 atom stereocenters. The minimum Gasteiger partial charge on any atom is -0.373 e. The summed E-state index contributed by atoms with van der Waals surface area (Å²) in [6, 6.07) is 0. The molecule has 102 valence electrons. The van der Waals surface area contributed by atoms with E-state index in [0.29, 0.717) is 25.0 Å². The van der Waals surface area contributed by atoms with E-state index >= 15 is 0 Å². The molecule has 0 aliphatic carbocycles. The Morgan fingerprint density at radius 2 is 1.94 bits per heavy atom. The third-order valence-electron chi connectivity index (χ3n) is 3.71. The molecule has 2 heterocycles. The molecule has 0 saturated carbocycles. The standard InChI is InChI=1S/C15H24O3/c1-11(2)13(5-6-15(4)10-18-15)9-14-12(3)16-7-8-17-14/h11-14H,7-10H2,1-4H3. The molecule has 3 heteroatoms. The van der Waals surface area contributed by atoms with Gasteiger partial charge in [-0.25, -0.2) is 0 Å². The first kappa shape index (κ1) is 13.9. The van der Waals surface area contributed by atoms with Gasteiger partial charge in [0, 0.05) is 5.92 Å². The van der Waals surface area contributed by atoms with Gasteiger partial charge in [-0.2, -0.15) is 0 Å². The second-order valence-corrected chi connectivity index (χ2v) is 5.86. The van der Waals surface area contributed by atoms with Crippen LogP contribution in [0.1, 0.15) is 34.1 Å². The van der Waals surface area contributed by atoms with Crippen molar-refractivity contribution in [2.45, 2.75) is 51.9 Å². The van der Waals surface area contributed by atoms with Gasteiger partial charge in [0.1, 0.15) is 5.60 Å². The van der Waals surface area contributed by atoms with Crippen LogP contribution in [0.2, 0.25) is 0 Å². The fraction of sp³-hybridized carbons (Fsp3) is 0.867. The van der Waals surface area contributed by atoms with Crippen molar-refractivity contribution in [1.82, 2.24) is 0 Å². The quantitative estimate of drug-likeness (QED) is 0.570. The van der Waals surface area contributed by atoms with E-state index in [4.69, 9.17) is 14.2 Å². The summed E-state index contributed by atoms with van der Waals surface area (Å²) < 4.78 is 16.7. The van der Waals surface area contributed by atoms with Crippen molar-refractivity contribution in [3.63, 3.8) is 0 Å². The Bertz CT molecular complexity index is 335. The van der Waals surface area contributed by atoms with Crippen LogP contribution in [0.5, 0.6) is 0 Å². The number of ether oxygens (including phenoxy) is 3. The van der Waals surface area contributed by atoms with Crippen molar-refractivity contribution in [2.24, 2.45) is 11.8 Å². The molecule has 18 heavy (non-hydrogen) atoms. The lowest BCUT2D eigenvalue weighted by molar-refractivity contribution is -0.138. The summed E-state index contributed by atoms with van der Waals surface area (Å²) in [5.41, 5.74) is -0.178. The zero-order chi connectivity index (χ0) is 13.2. The minimum absolute atomic E-state index is 0.174. The van der Waals surface area contributed by atoms with Crippen molar-refractivity contribution in [3.05, 3.63) is 0 Å². The summed E-state index contributed by atoms with van der Waals surface area (Å²) in [7, 11) is 0. The van der Waals surface area contributed by atoms with Crippen LogP contribution < -0.4 is 0 Å². The normalized spacial score (nSPS) is 36.9. The SMILES string of the molecule is CC(C)C(C#CC1(C)CO1)CC1OCCOC1C. The fourth-order valence-corrected chi connectivity index (χ4v) is 2.11. The van der Waals surface area contributed by atoms with Crippen LogP contribution in [-0.2, 0) is 14.2 Å². The highest BCUT2D eigenvalue weighted by Gasteiger charge is 2.37. The molecule has 3 nitrogen and oxygen atoms in total. The summed E-state index contributed by atoms with van der Waals surface area (Å²) in [5, 5.41) is 0. The van der Waals surface area contributed by atoms with Crippen molar-refractivity contribution < 1.29 is 14.2 Å². The van der Waals surface area contributed by atoms with Crippen LogP contribution in [0.15, 0.2) is 0 Å². The lowest BCUT2D eigenvalue weighted by Crippen LogP contribution is -2.38. The second kappa shape index (κ2) is 5.61. The largest absolute Gasteiger partial charge is 0.373 e. The van der Waals surface area contributed by atoms with E-state index in [0.717, 1.165) is 13.0 Å². The summed E-state index contributed by atoms with van der Waals surface area (Å²) in [6.45, 7) is 10.7. The van der Waals surface area contributed by atoms with Crippen LogP contribution in [0.3, 0.4) is 0 Å². The van der Waals surface area contributed by atoms with E-state index in [1.165, 1.54) is 0 Å². The monoisotopic (exact) mass is 252 g/mol. The van der Waals surface area contributed by atoms with Crippen LogP contribution in [0.4, 0.5) is 0 Å². The highest BCUT2D eigenvalue weighted by Crippen LogP contribution is 2.27. The van der Waals surface area contributed by atoms with Crippen molar-refractivity contribution in [2.75, 3.05) is 19.8 Å². The molecule has 0 radical (unpaired) electrons. The molecule has 2 aliphatic heterocycles. The van der Waals surface area contributed by atoms with Gasteiger partial charge in [-0.15, -0.1) is 0 Å². The first-order valence-electron chi connectivity index (χ1n) is 6.90. The number of rotatable bonds is 3. The van der Waals surface area contributed by atoms with E-state index in [1.54, 1.807) is 0 Å². The van der Waals surface area contributed by atoms with Gasteiger partial charge in [0.15, 0.2) is 0 Å². The molecular weight excluding hydrogens is 228 g/mol. The van der Waals surface area contributed by atoms with Gasteiger partial charge in [0.25, 0.3) is 0 Å². The van der Waals surface area contributed by atoms with Gasteiger partial charge in [-0.3, -0.25) is 0 Å². The molecule has 0 aromatic carbocycles.